The average Bonchev–Trinajstić information content (AvgIpc) is 2.54. The number of benzene rings is 2. The number of hydrogen-bond acceptors (Lipinski definition) is 7. The first kappa shape index (κ1) is 15.8. The van der Waals surface area contributed by atoms with Crippen molar-refractivity contribution >= 4 is 5.78 Å². The highest BCUT2D eigenvalue weighted by molar-refractivity contribution is 6.03. The van der Waals surface area contributed by atoms with Gasteiger partial charge in [0, 0.05) is 6.07 Å². The van der Waals surface area contributed by atoms with Gasteiger partial charge in [0.2, 0.25) is 5.75 Å². The van der Waals surface area contributed by atoms with E-state index in [9.17, 15) is 20.1 Å². The molecule has 2 aromatic carbocycles. The number of fused-ring (bicyclic) bond motifs is 1. The topological polar surface area (TPSA) is 105 Å². The molecule has 126 valence electrons. The minimum absolute atomic E-state index is 0.0275. The van der Waals surface area contributed by atoms with Crippen LogP contribution in [0.25, 0.3) is 0 Å². The van der Waals surface area contributed by atoms with Crippen LogP contribution >= 0.6 is 0 Å². The van der Waals surface area contributed by atoms with E-state index in [1.54, 1.807) is 12.1 Å². The molecule has 3 rings (SSSR count). The highest BCUT2D eigenvalue weighted by Gasteiger charge is 2.33. The van der Waals surface area contributed by atoms with E-state index in [1.807, 2.05) is 0 Å². The summed E-state index contributed by atoms with van der Waals surface area (Å²) in [5.74, 6) is -1.02. The fourth-order valence-corrected chi connectivity index (χ4v) is 2.74. The molecule has 0 fully saturated rings. The van der Waals surface area contributed by atoms with Crippen LogP contribution in [0.2, 0.25) is 0 Å². The lowest BCUT2D eigenvalue weighted by Gasteiger charge is -2.27. The first-order valence-electron chi connectivity index (χ1n) is 7.16. The van der Waals surface area contributed by atoms with Crippen molar-refractivity contribution < 1.29 is 34.3 Å². The number of carbonyl (C=O) groups is 1. The lowest BCUT2D eigenvalue weighted by molar-refractivity contribution is 0.0843. The van der Waals surface area contributed by atoms with Gasteiger partial charge in [-0.05, 0) is 17.7 Å². The second-order valence-electron chi connectivity index (χ2n) is 5.32. The van der Waals surface area contributed by atoms with Gasteiger partial charge in [0.1, 0.15) is 17.4 Å². The Labute approximate surface area is 137 Å². The van der Waals surface area contributed by atoms with Crippen LogP contribution < -0.4 is 14.2 Å². The molecule has 0 spiro atoms. The molecule has 7 nitrogen and oxygen atoms in total. The van der Waals surface area contributed by atoms with Gasteiger partial charge >= 0.3 is 0 Å². The third-order valence-corrected chi connectivity index (χ3v) is 3.90. The highest BCUT2D eigenvalue weighted by atomic mass is 16.5. The molecule has 24 heavy (non-hydrogen) atoms. The van der Waals surface area contributed by atoms with E-state index in [0.29, 0.717) is 11.3 Å². The summed E-state index contributed by atoms with van der Waals surface area (Å²) in [4.78, 5) is 12.4. The summed E-state index contributed by atoms with van der Waals surface area (Å²) in [6.07, 6.45) is -0.686. The number of methoxy groups -OCH3 is 2. The minimum atomic E-state index is -0.658. The number of phenolic OH excluding ortho intramolecular Hbond substituents is 3. The summed E-state index contributed by atoms with van der Waals surface area (Å²) in [5.41, 5.74) is 0.542. The molecule has 3 N–H and O–H groups in total. The highest BCUT2D eigenvalue weighted by Crippen LogP contribution is 2.48. The molecule has 1 heterocycles. The fourth-order valence-electron chi connectivity index (χ4n) is 2.74. The van der Waals surface area contributed by atoms with Crippen LogP contribution in [0, 0.1) is 0 Å². The number of aromatic hydroxyl groups is 3. The molecule has 0 aromatic heterocycles. The molecular formula is C17H16O7. The summed E-state index contributed by atoms with van der Waals surface area (Å²) in [5, 5.41) is 29.9. The lowest BCUT2D eigenvalue weighted by Crippen LogP contribution is -2.20. The summed E-state index contributed by atoms with van der Waals surface area (Å²) in [7, 11) is 2.71. The van der Waals surface area contributed by atoms with Crippen molar-refractivity contribution in [2.75, 3.05) is 14.2 Å². The second kappa shape index (κ2) is 5.84. The Hall–Kier alpha value is -3.09. The first-order valence-corrected chi connectivity index (χ1v) is 7.16. The van der Waals surface area contributed by atoms with Crippen molar-refractivity contribution in [1.82, 2.24) is 0 Å². The molecule has 0 saturated heterocycles. The number of rotatable bonds is 3. The van der Waals surface area contributed by atoms with Crippen molar-refractivity contribution in [2.45, 2.75) is 12.5 Å². The normalized spacial score (nSPS) is 16.2. The van der Waals surface area contributed by atoms with Crippen LogP contribution in [0.3, 0.4) is 0 Å². The van der Waals surface area contributed by atoms with E-state index in [4.69, 9.17) is 14.2 Å². The number of hydrogen-bond donors (Lipinski definition) is 3. The minimum Gasteiger partial charge on any atom is -0.504 e. The summed E-state index contributed by atoms with van der Waals surface area (Å²) in [6, 6.07) is 5.91. The van der Waals surface area contributed by atoms with Crippen molar-refractivity contribution in [1.29, 1.82) is 0 Å². The quantitative estimate of drug-likeness (QED) is 0.793. The molecule has 0 bridgehead atoms. The maximum Gasteiger partial charge on any atom is 0.203 e. The monoisotopic (exact) mass is 332 g/mol. The zero-order valence-electron chi connectivity index (χ0n) is 13.1. The van der Waals surface area contributed by atoms with Gasteiger partial charge in [-0.25, -0.2) is 0 Å². The van der Waals surface area contributed by atoms with Crippen LogP contribution in [-0.4, -0.2) is 35.3 Å². The van der Waals surface area contributed by atoms with E-state index in [0.717, 1.165) is 0 Å². The third-order valence-electron chi connectivity index (χ3n) is 3.90. The Morgan fingerprint density at radius 2 is 1.83 bits per heavy atom. The van der Waals surface area contributed by atoms with Crippen LogP contribution in [0.4, 0.5) is 0 Å². The van der Waals surface area contributed by atoms with Gasteiger partial charge in [-0.1, -0.05) is 6.07 Å². The molecule has 0 radical (unpaired) electrons. The predicted octanol–water partition coefficient (Wildman–Crippen LogP) is 2.53. The molecule has 1 atom stereocenters. The SMILES string of the molecule is COc1ccc([C@@H]2CC(=O)c3c(cc(O)c(OC)c3O)O2)cc1O. The summed E-state index contributed by atoms with van der Waals surface area (Å²) in [6.45, 7) is 0. The van der Waals surface area contributed by atoms with E-state index in [-0.39, 0.29) is 40.8 Å². The molecule has 0 unspecified atom stereocenters. The maximum absolute atomic E-state index is 12.4. The summed E-state index contributed by atoms with van der Waals surface area (Å²) < 4.78 is 15.6. The van der Waals surface area contributed by atoms with Gasteiger partial charge < -0.3 is 29.5 Å². The van der Waals surface area contributed by atoms with Gasteiger partial charge in [0.25, 0.3) is 0 Å². The molecular weight excluding hydrogens is 316 g/mol. The van der Waals surface area contributed by atoms with Crippen LogP contribution in [0.5, 0.6) is 34.5 Å². The number of Topliss-reactive ketones (excluding diaryl/α,β-unsaturated/α-hetero) is 1. The van der Waals surface area contributed by atoms with Gasteiger partial charge in [0.05, 0.1) is 20.6 Å². The molecule has 1 aliphatic rings. The molecule has 0 amide bonds. The van der Waals surface area contributed by atoms with E-state index in [2.05, 4.69) is 0 Å². The van der Waals surface area contributed by atoms with E-state index in [1.165, 1.54) is 26.4 Å². The van der Waals surface area contributed by atoms with Gasteiger partial charge in [-0.3, -0.25) is 4.79 Å². The van der Waals surface area contributed by atoms with Crippen LogP contribution in [0.15, 0.2) is 24.3 Å². The molecule has 0 saturated carbocycles. The summed E-state index contributed by atoms with van der Waals surface area (Å²) >= 11 is 0. The number of phenols is 3. The smallest absolute Gasteiger partial charge is 0.203 e. The average molecular weight is 332 g/mol. The van der Waals surface area contributed by atoms with Crippen LogP contribution in [0.1, 0.15) is 28.4 Å². The number of carbonyl (C=O) groups excluding carboxylic acids is 1. The fraction of sp³-hybridized carbons (Fsp3) is 0.235. The molecule has 0 aliphatic carbocycles. The van der Waals surface area contributed by atoms with E-state index >= 15 is 0 Å². The Kier molecular flexibility index (Phi) is 3.84. The van der Waals surface area contributed by atoms with Gasteiger partial charge in [-0.15, -0.1) is 0 Å². The Balaban J connectivity index is 2.01. The molecule has 7 heteroatoms. The Bertz CT molecular complexity index is 813. The Morgan fingerprint density at radius 3 is 2.46 bits per heavy atom. The zero-order chi connectivity index (χ0) is 17.4. The second-order valence-corrected chi connectivity index (χ2v) is 5.32. The first-order chi connectivity index (χ1) is 11.5. The maximum atomic E-state index is 12.4. The van der Waals surface area contributed by atoms with Crippen molar-refractivity contribution in [3.8, 4) is 34.5 Å². The predicted molar refractivity (Wildman–Crippen MR) is 83.3 cm³/mol. The lowest BCUT2D eigenvalue weighted by atomic mass is 9.95. The van der Waals surface area contributed by atoms with Crippen molar-refractivity contribution in [2.24, 2.45) is 0 Å². The molecule has 1 aliphatic heterocycles. The van der Waals surface area contributed by atoms with Crippen LogP contribution in [-0.2, 0) is 0 Å². The Morgan fingerprint density at radius 1 is 1.08 bits per heavy atom. The largest absolute Gasteiger partial charge is 0.504 e. The standard InChI is InChI=1S/C17H16O7/c1-22-12-4-3-8(5-9(12)18)13-6-10(19)15-14(24-13)7-11(20)17(23-2)16(15)21/h3-5,7,13,18,20-21H,6H2,1-2H3/t13-/m0/s1. The molecule has 2 aromatic rings. The number of ether oxygens (including phenoxy) is 3. The van der Waals surface area contributed by atoms with E-state index < -0.39 is 11.9 Å². The zero-order valence-corrected chi connectivity index (χ0v) is 13.1. The van der Waals surface area contributed by atoms with Crippen molar-refractivity contribution in [3.63, 3.8) is 0 Å². The number of ketones is 1. The third kappa shape index (κ3) is 2.44. The van der Waals surface area contributed by atoms with Crippen molar-refractivity contribution in [3.05, 3.63) is 35.4 Å². The van der Waals surface area contributed by atoms with Gasteiger partial charge in [0.15, 0.2) is 28.8 Å². The van der Waals surface area contributed by atoms with Gasteiger partial charge in [-0.2, -0.15) is 0 Å².